The highest BCUT2D eigenvalue weighted by Crippen LogP contribution is 2.31. The Balaban J connectivity index is 1.48. The van der Waals surface area contributed by atoms with E-state index in [0.29, 0.717) is 12.4 Å². The molecule has 1 aliphatic rings. The number of aliphatic hydroxyl groups is 1. The summed E-state index contributed by atoms with van der Waals surface area (Å²) in [5.74, 6) is -0.928. The third-order valence-electron chi connectivity index (χ3n) is 6.19. The highest BCUT2D eigenvalue weighted by molar-refractivity contribution is 5.92. The van der Waals surface area contributed by atoms with Crippen LogP contribution in [-0.4, -0.2) is 53.7 Å². The van der Waals surface area contributed by atoms with Crippen molar-refractivity contribution in [2.45, 2.75) is 44.8 Å². The van der Waals surface area contributed by atoms with Crippen molar-refractivity contribution in [3.05, 3.63) is 42.0 Å². The molecule has 0 bridgehead atoms. The van der Waals surface area contributed by atoms with Crippen LogP contribution in [0.15, 0.2) is 24.5 Å². The number of rotatable bonds is 4. The molecule has 3 aromatic heterocycles. The van der Waals surface area contributed by atoms with Crippen molar-refractivity contribution < 1.29 is 13.9 Å². The Labute approximate surface area is 182 Å². The van der Waals surface area contributed by atoms with Crippen molar-refractivity contribution in [2.75, 3.05) is 23.7 Å². The highest BCUT2D eigenvalue weighted by atomic mass is 19.1. The first kappa shape index (κ1) is 20.6. The number of anilines is 2. The lowest BCUT2D eigenvalue weighted by molar-refractivity contribution is 0.132. The summed E-state index contributed by atoms with van der Waals surface area (Å²) in [4.78, 5) is 10.9. The van der Waals surface area contributed by atoms with Crippen LogP contribution in [-0.2, 0) is 0 Å². The number of nitrogens with zero attached hydrogens (tertiary/aromatic N) is 7. The topological polar surface area (TPSA) is 110 Å². The Morgan fingerprint density at radius 2 is 2.03 bits per heavy atom. The van der Waals surface area contributed by atoms with E-state index in [1.54, 1.807) is 17.8 Å². The molecule has 32 heavy (non-hydrogen) atoms. The van der Waals surface area contributed by atoms with Crippen LogP contribution in [0.5, 0.6) is 0 Å². The van der Waals surface area contributed by atoms with E-state index in [1.807, 2.05) is 13.1 Å². The zero-order valence-corrected chi connectivity index (χ0v) is 17.8. The lowest BCUT2D eigenvalue weighted by Gasteiger charge is -2.32. The number of halogens is 2. The molecule has 0 amide bonds. The van der Waals surface area contributed by atoms with Crippen LogP contribution < -0.4 is 10.6 Å². The third-order valence-corrected chi connectivity index (χ3v) is 6.19. The predicted octanol–water partition coefficient (Wildman–Crippen LogP) is 2.66. The van der Waals surface area contributed by atoms with Gasteiger partial charge in [-0.2, -0.15) is 9.61 Å². The molecule has 3 N–H and O–H groups in total. The van der Waals surface area contributed by atoms with E-state index in [4.69, 9.17) is 5.73 Å². The fourth-order valence-corrected chi connectivity index (χ4v) is 4.20. The first-order valence-corrected chi connectivity index (χ1v) is 10.6. The molecule has 5 rings (SSSR count). The van der Waals surface area contributed by atoms with Crippen LogP contribution in [0.25, 0.3) is 16.6 Å². The van der Waals surface area contributed by atoms with Crippen LogP contribution in [0, 0.1) is 11.6 Å². The van der Waals surface area contributed by atoms with Crippen molar-refractivity contribution >= 4 is 28.2 Å². The van der Waals surface area contributed by atoms with Crippen LogP contribution in [0.2, 0.25) is 0 Å². The quantitative estimate of drug-likeness (QED) is 0.500. The van der Waals surface area contributed by atoms with E-state index in [-0.39, 0.29) is 34.5 Å². The zero-order valence-electron chi connectivity index (χ0n) is 17.8. The highest BCUT2D eigenvalue weighted by Gasteiger charge is 2.27. The number of aromatic nitrogens is 6. The largest absolute Gasteiger partial charge is 0.391 e. The minimum absolute atomic E-state index is 0.00203. The van der Waals surface area contributed by atoms with Crippen molar-refractivity contribution in [1.82, 2.24) is 29.4 Å². The molecular formula is C21H24F2N8O. The minimum Gasteiger partial charge on any atom is -0.391 e. The van der Waals surface area contributed by atoms with Crippen LogP contribution in [0.4, 0.5) is 20.4 Å². The maximum Gasteiger partial charge on any atom is 0.223 e. The lowest BCUT2D eigenvalue weighted by Crippen LogP contribution is -2.34. The third kappa shape index (κ3) is 3.42. The molecule has 0 saturated carbocycles. The second kappa shape index (κ2) is 7.66. The fraction of sp³-hybridized carbons (Fsp3) is 0.429. The summed E-state index contributed by atoms with van der Waals surface area (Å²) < 4.78 is 31.2. The summed E-state index contributed by atoms with van der Waals surface area (Å²) in [6.07, 6.45) is 5.01. The SMILES string of the molecule is C[C@H](O)[C@H](C)n1cc(N2CCC[C@@H](c3nc4c5cc(F)cc(F)c5nc(N)n4n3)C2)cn1. The van der Waals surface area contributed by atoms with E-state index in [2.05, 4.69) is 25.1 Å². The van der Waals surface area contributed by atoms with Gasteiger partial charge in [-0.3, -0.25) is 4.68 Å². The van der Waals surface area contributed by atoms with Gasteiger partial charge in [0.15, 0.2) is 17.3 Å². The first-order chi connectivity index (χ1) is 15.3. The number of benzene rings is 1. The van der Waals surface area contributed by atoms with Crippen molar-refractivity contribution in [3.8, 4) is 0 Å². The van der Waals surface area contributed by atoms with Gasteiger partial charge in [0.2, 0.25) is 5.95 Å². The van der Waals surface area contributed by atoms with Gasteiger partial charge in [-0.05, 0) is 32.8 Å². The van der Waals surface area contributed by atoms with Crippen molar-refractivity contribution in [3.63, 3.8) is 0 Å². The lowest BCUT2D eigenvalue weighted by atomic mass is 9.97. The smallest absolute Gasteiger partial charge is 0.223 e. The molecule has 1 saturated heterocycles. The van der Waals surface area contributed by atoms with E-state index >= 15 is 0 Å². The molecule has 4 heterocycles. The Morgan fingerprint density at radius 1 is 1.22 bits per heavy atom. The minimum atomic E-state index is -0.786. The average molecular weight is 442 g/mol. The summed E-state index contributed by atoms with van der Waals surface area (Å²) in [7, 11) is 0. The number of piperidine rings is 1. The molecule has 4 aromatic rings. The summed E-state index contributed by atoms with van der Waals surface area (Å²) in [6, 6.07) is 1.85. The van der Waals surface area contributed by atoms with Gasteiger partial charge in [-0.25, -0.2) is 18.7 Å². The van der Waals surface area contributed by atoms with Crippen LogP contribution in [0.1, 0.15) is 44.5 Å². The zero-order chi connectivity index (χ0) is 22.6. The van der Waals surface area contributed by atoms with Gasteiger partial charge in [0.05, 0.1) is 29.4 Å². The number of aliphatic hydroxyl groups excluding tert-OH is 1. The van der Waals surface area contributed by atoms with Gasteiger partial charge in [0.1, 0.15) is 11.3 Å². The number of fused-ring (bicyclic) bond motifs is 3. The molecule has 0 aliphatic carbocycles. The molecule has 1 fully saturated rings. The van der Waals surface area contributed by atoms with Crippen molar-refractivity contribution in [2.24, 2.45) is 0 Å². The number of hydrogen-bond acceptors (Lipinski definition) is 7. The van der Waals surface area contributed by atoms with E-state index in [9.17, 15) is 13.9 Å². The molecule has 1 aromatic carbocycles. The monoisotopic (exact) mass is 442 g/mol. The maximum atomic E-state index is 14.2. The molecular weight excluding hydrogens is 418 g/mol. The Bertz CT molecular complexity index is 1300. The molecule has 9 nitrogen and oxygen atoms in total. The van der Waals surface area contributed by atoms with Gasteiger partial charge >= 0.3 is 0 Å². The normalized spacial score (nSPS) is 19.0. The van der Waals surface area contributed by atoms with E-state index in [1.165, 1.54) is 10.6 Å². The first-order valence-electron chi connectivity index (χ1n) is 10.6. The molecule has 0 spiro atoms. The van der Waals surface area contributed by atoms with Gasteiger partial charge in [-0.15, -0.1) is 5.10 Å². The van der Waals surface area contributed by atoms with Crippen molar-refractivity contribution in [1.29, 1.82) is 0 Å². The predicted molar refractivity (Wildman–Crippen MR) is 115 cm³/mol. The number of nitrogens with two attached hydrogens (primary N) is 1. The second-order valence-electron chi connectivity index (χ2n) is 8.40. The number of hydrogen-bond donors (Lipinski definition) is 2. The van der Waals surface area contributed by atoms with E-state index < -0.39 is 17.7 Å². The molecule has 1 aliphatic heterocycles. The second-order valence-corrected chi connectivity index (χ2v) is 8.40. The standard InChI is InChI=1S/C21H24F2N8O/c1-11(12(2)32)30-10-15(8-25-30)29-5-3-4-13(9-29)19-27-20-16-6-14(22)7-17(23)18(16)26-21(24)31(20)28-19/h6-8,10-13,32H,3-5,9H2,1-2H3,(H2,24,26)/t11-,12-,13+/m0/s1. The Morgan fingerprint density at radius 3 is 2.81 bits per heavy atom. The van der Waals surface area contributed by atoms with Gasteiger partial charge in [0.25, 0.3) is 0 Å². The summed E-state index contributed by atoms with van der Waals surface area (Å²) in [5, 5.41) is 19.0. The Kier molecular flexibility index (Phi) is 4.92. The molecule has 0 unspecified atom stereocenters. The summed E-state index contributed by atoms with van der Waals surface area (Å²) in [6.45, 7) is 5.18. The van der Waals surface area contributed by atoms with Crippen LogP contribution >= 0.6 is 0 Å². The fourth-order valence-electron chi connectivity index (χ4n) is 4.20. The maximum absolute atomic E-state index is 14.2. The summed E-state index contributed by atoms with van der Waals surface area (Å²) >= 11 is 0. The molecule has 168 valence electrons. The molecule has 11 heteroatoms. The van der Waals surface area contributed by atoms with Gasteiger partial charge in [-0.1, -0.05) is 0 Å². The molecule has 3 atom stereocenters. The summed E-state index contributed by atoms with van der Waals surface area (Å²) in [5.41, 5.74) is 7.21. The van der Waals surface area contributed by atoms with Gasteiger partial charge < -0.3 is 15.7 Å². The van der Waals surface area contributed by atoms with E-state index in [0.717, 1.165) is 31.1 Å². The average Bonchev–Trinajstić information content (AvgIpc) is 3.43. The Hall–Kier alpha value is -3.34. The molecule has 0 radical (unpaired) electrons. The van der Waals surface area contributed by atoms with Gasteiger partial charge in [0, 0.05) is 31.3 Å². The number of nitrogen functional groups attached to an aromatic ring is 1. The van der Waals surface area contributed by atoms with Crippen LogP contribution in [0.3, 0.4) is 0 Å².